The zero-order chi connectivity index (χ0) is 29.5. The molecule has 5 aromatic rings. The molecule has 0 saturated heterocycles. The maximum absolute atomic E-state index is 4.43. The van der Waals surface area contributed by atoms with E-state index in [0.717, 1.165) is 23.4 Å². The first-order valence-corrected chi connectivity index (χ1v) is 14.9. The lowest BCUT2D eigenvalue weighted by Gasteiger charge is -2.24. The molecule has 0 bridgehead atoms. The monoisotopic (exact) mass is 549 g/mol. The van der Waals surface area contributed by atoms with Crippen LogP contribution in [0.15, 0.2) is 133 Å². The molecular formula is C39H39N3. The summed E-state index contributed by atoms with van der Waals surface area (Å²) in [6.45, 7) is 10.3. The fourth-order valence-electron chi connectivity index (χ4n) is 5.60. The summed E-state index contributed by atoms with van der Waals surface area (Å²) in [6.07, 6.45) is 11.4. The van der Waals surface area contributed by atoms with Gasteiger partial charge in [0.1, 0.15) is 0 Å². The average molecular weight is 550 g/mol. The SMILES string of the molecule is CC.Cc1ccccc1-c1ccccc1C.Cc1cnc(-c2ccc(N3C4=CC=CCC4c4ccccc43)cc2)nc1. The lowest BCUT2D eigenvalue weighted by Crippen LogP contribution is -2.14. The van der Waals surface area contributed by atoms with Crippen LogP contribution >= 0.6 is 0 Å². The fraction of sp³-hybridized carbons (Fsp3) is 0.179. The van der Waals surface area contributed by atoms with E-state index < -0.39 is 0 Å². The van der Waals surface area contributed by atoms with E-state index in [9.17, 15) is 0 Å². The second-order valence-corrected chi connectivity index (χ2v) is 10.5. The summed E-state index contributed by atoms with van der Waals surface area (Å²) in [7, 11) is 0. The molecule has 0 saturated carbocycles. The molecule has 7 rings (SSSR count). The molecule has 3 heteroatoms. The zero-order valence-electron chi connectivity index (χ0n) is 25.3. The second-order valence-electron chi connectivity index (χ2n) is 10.5. The van der Waals surface area contributed by atoms with Crippen LogP contribution in [0, 0.1) is 20.8 Å². The number of nitrogens with zero attached hydrogens (tertiary/aromatic N) is 3. The summed E-state index contributed by atoms with van der Waals surface area (Å²) in [4.78, 5) is 11.2. The number of anilines is 2. The molecule has 210 valence electrons. The third-order valence-electron chi connectivity index (χ3n) is 7.69. The maximum atomic E-state index is 4.43. The normalized spacial score (nSPS) is 14.5. The van der Waals surface area contributed by atoms with Crippen LogP contribution < -0.4 is 4.90 Å². The Hall–Kier alpha value is -4.76. The van der Waals surface area contributed by atoms with Gasteiger partial charge in [0.2, 0.25) is 0 Å². The Labute approximate surface area is 250 Å². The van der Waals surface area contributed by atoms with Crippen molar-refractivity contribution in [2.24, 2.45) is 0 Å². The Balaban J connectivity index is 0.000000187. The quantitative estimate of drug-likeness (QED) is 0.224. The maximum Gasteiger partial charge on any atom is 0.159 e. The number of allylic oxidation sites excluding steroid dienone is 4. The van der Waals surface area contributed by atoms with Crippen LogP contribution in [0.4, 0.5) is 11.4 Å². The van der Waals surface area contributed by atoms with Crippen LogP contribution in [0.25, 0.3) is 22.5 Å². The number of hydrogen-bond acceptors (Lipinski definition) is 3. The predicted molar refractivity (Wildman–Crippen MR) is 178 cm³/mol. The van der Waals surface area contributed by atoms with Gasteiger partial charge in [-0.25, -0.2) is 9.97 Å². The van der Waals surface area contributed by atoms with Gasteiger partial charge in [-0.1, -0.05) is 92.7 Å². The molecule has 0 spiro atoms. The van der Waals surface area contributed by atoms with E-state index in [-0.39, 0.29) is 0 Å². The van der Waals surface area contributed by atoms with Gasteiger partial charge in [-0.15, -0.1) is 0 Å². The lowest BCUT2D eigenvalue weighted by atomic mass is 9.92. The van der Waals surface area contributed by atoms with Crippen LogP contribution in [0.1, 0.15) is 48.4 Å². The third kappa shape index (κ3) is 5.96. The standard InChI is InChI=1S/C23H19N3.C14H14.C2H6/c1-16-14-24-23(25-15-16)17-10-12-18(13-11-17)26-21-8-4-2-6-19(21)20-7-3-5-9-22(20)26;1-11-7-3-5-9-13(11)14-10-6-4-8-12(14)2;1-2/h2-6,8-15,20H,7H2,1H3;3-10H,1-2H3;1-2H3. The highest BCUT2D eigenvalue weighted by molar-refractivity contribution is 5.79. The highest BCUT2D eigenvalue weighted by atomic mass is 15.2. The molecule has 0 fully saturated rings. The summed E-state index contributed by atoms with van der Waals surface area (Å²) in [5, 5.41) is 0. The van der Waals surface area contributed by atoms with Crippen molar-refractivity contribution in [1.82, 2.24) is 9.97 Å². The molecule has 0 amide bonds. The summed E-state index contributed by atoms with van der Waals surface area (Å²) < 4.78 is 0. The van der Waals surface area contributed by atoms with Gasteiger partial charge in [0.25, 0.3) is 0 Å². The molecule has 0 radical (unpaired) electrons. The summed E-state index contributed by atoms with van der Waals surface area (Å²) >= 11 is 0. The highest BCUT2D eigenvalue weighted by Crippen LogP contribution is 2.50. The number of benzene rings is 4. The minimum absolute atomic E-state index is 0.455. The van der Waals surface area contributed by atoms with E-state index in [1.54, 1.807) is 0 Å². The number of para-hydroxylation sites is 1. The van der Waals surface area contributed by atoms with Gasteiger partial charge >= 0.3 is 0 Å². The molecule has 1 aliphatic carbocycles. The molecule has 1 aliphatic heterocycles. The number of aromatic nitrogens is 2. The molecule has 2 aliphatic rings. The molecule has 42 heavy (non-hydrogen) atoms. The summed E-state index contributed by atoms with van der Waals surface area (Å²) in [5.74, 6) is 1.22. The number of fused-ring (bicyclic) bond motifs is 3. The van der Waals surface area contributed by atoms with Gasteiger partial charge in [0.15, 0.2) is 5.82 Å². The molecule has 0 N–H and O–H groups in total. The molecule has 1 aromatic heterocycles. The van der Waals surface area contributed by atoms with Crippen molar-refractivity contribution in [1.29, 1.82) is 0 Å². The first kappa shape index (κ1) is 28.8. The van der Waals surface area contributed by atoms with Crippen molar-refractivity contribution in [2.75, 3.05) is 4.90 Å². The number of hydrogen-bond donors (Lipinski definition) is 0. The van der Waals surface area contributed by atoms with E-state index in [4.69, 9.17) is 0 Å². The Morgan fingerprint density at radius 2 is 1.24 bits per heavy atom. The van der Waals surface area contributed by atoms with Crippen molar-refractivity contribution in [3.05, 3.63) is 156 Å². The van der Waals surface area contributed by atoms with Crippen LogP contribution in [0.5, 0.6) is 0 Å². The lowest BCUT2D eigenvalue weighted by molar-refractivity contribution is 0.819. The van der Waals surface area contributed by atoms with Crippen LogP contribution in [0.2, 0.25) is 0 Å². The van der Waals surface area contributed by atoms with Gasteiger partial charge < -0.3 is 4.90 Å². The van der Waals surface area contributed by atoms with Gasteiger partial charge in [-0.2, -0.15) is 0 Å². The third-order valence-corrected chi connectivity index (χ3v) is 7.69. The van der Waals surface area contributed by atoms with E-state index in [2.05, 4.69) is 144 Å². The first-order chi connectivity index (χ1) is 20.6. The second kappa shape index (κ2) is 13.3. The smallest absolute Gasteiger partial charge is 0.159 e. The molecule has 4 aromatic carbocycles. The van der Waals surface area contributed by atoms with Crippen LogP contribution in [-0.4, -0.2) is 9.97 Å². The van der Waals surface area contributed by atoms with Crippen LogP contribution in [0.3, 0.4) is 0 Å². The largest absolute Gasteiger partial charge is 0.313 e. The molecule has 3 nitrogen and oxygen atoms in total. The Kier molecular flexibility index (Phi) is 9.08. The Morgan fingerprint density at radius 3 is 1.86 bits per heavy atom. The van der Waals surface area contributed by atoms with E-state index >= 15 is 0 Å². The summed E-state index contributed by atoms with van der Waals surface area (Å²) in [5.41, 5.74) is 12.7. The molecule has 2 heterocycles. The van der Waals surface area contributed by atoms with Gasteiger partial charge in [-0.3, -0.25) is 0 Å². The minimum atomic E-state index is 0.455. The Bertz CT molecular complexity index is 1650. The van der Waals surface area contributed by atoms with Crippen molar-refractivity contribution < 1.29 is 0 Å². The topological polar surface area (TPSA) is 29.0 Å². The van der Waals surface area contributed by atoms with E-state index in [1.165, 1.54) is 44.9 Å². The molecule has 1 atom stereocenters. The number of aryl methyl sites for hydroxylation is 3. The predicted octanol–water partition coefficient (Wildman–Crippen LogP) is 10.5. The van der Waals surface area contributed by atoms with Gasteiger partial charge in [-0.05, 0) is 97.0 Å². The minimum Gasteiger partial charge on any atom is -0.313 e. The molecular weight excluding hydrogens is 510 g/mol. The number of rotatable bonds is 3. The highest BCUT2D eigenvalue weighted by Gasteiger charge is 2.34. The fourth-order valence-corrected chi connectivity index (χ4v) is 5.60. The average Bonchev–Trinajstić information content (AvgIpc) is 3.38. The Morgan fingerprint density at radius 1 is 0.667 bits per heavy atom. The van der Waals surface area contributed by atoms with Gasteiger partial charge in [0.05, 0.1) is 0 Å². The van der Waals surface area contributed by atoms with E-state index in [0.29, 0.717) is 5.92 Å². The van der Waals surface area contributed by atoms with Crippen molar-refractivity contribution >= 4 is 11.4 Å². The first-order valence-electron chi connectivity index (χ1n) is 14.9. The van der Waals surface area contributed by atoms with E-state index in [1.807, 2.05) is 33.2 Å². The van der Waals surface area contributed by atoms with Crippen molar-refractivity contribution in [2.45, 2.75) is 47.0 Å². The van der Waals surface area contributed by atoms with Crippen molar-refractivity contribution in [3.63, 3.8) is 0 Å². The van der Waals surface area contributed by atoms with Crippen LogP contribution in [-0.2, 0) is 0 Å². The summed E-state index contributed by atoms with van der Waals surface area (Å²) in [6, 6.07) is 34.3. The van der Waals surface area contributed by atoms with Crippen molar-refractivity contribution in [3.8, 4) is 22.5 Å². The zero-order valence-corrected chi connectivity index (χ0v) is 25.3. The molecule has 1 unspecified atom stereocenters. The van der Waals surface area contributed by atoms with Gasteiger partial charge in [0, 0.05) is 40.9 Å².